The highest BCUT2D eigenvalue weighted by molar-refractivity contribution is 7.94. The molecule has 0 aliphatic carbocycles. The number of allylic oxidation sites excluding steroid dienone is 1. The van der Waals surface area contributed by atoms with Crippen molar-refractivity contribution in [1.82, 2.24) is 15.3 Å². The van der Waals surface area contributed by atoms with Gasteiger partial charge in [-0.25, -0.2) is 18.4 Å². The maximum absolute atomic E-state index is 12.7. The van der Waals surface area contributed by atoms with E-state index >= 15 is 0 Å². The van der Waals surface area contributed by atoms with E-state index in [1.807, 2.05) is 0 Å². The SMILES string of the molecule is Cc1cc(C(F)(F)F)nc(CCNC(=O)CC2C=CS(=O)(=O)C2)n1. The van der Waals surface area contributed by atoms with Crippen LogP contribution in [0.2, 0.25) is 0 Å². The summed E-state index contributed by atoms with van der Waals surface area (Å²) < 4.78 is 60.5. The van der Waals surface area contributed by atoms with E-state index in [9.17, 15) is 26.4 Å². The molecule has 0 saturated carbocycles. The largest absolute Gasteiger partial charge is 0.433 e. The summed E-state index contributed by atoms with van der Waals surface area (Å²) in [5, 5.41) is 3.62. The molecule has 24 heavy (non-hydrogen) atoms. The zero-order chi connectivity index (χ0) is 18.0. The van der Waals surface area contributed by atoms with E-state index in [1.165, 1.54) is 13.0 Å². The normalized spacial score (nSPS) is 19.4. The Morgan fingerprint density at radius 3 is 2.67 bits per heavy atom. The van der Waals surface area contributed by atoms with E-state index in [-0.39, 0.29) is 48.5 Å². The van der Waals surface area contributed by atoms with Crippen LogP contribution in [0.4, 0.5) is 13.2 Å². The van der Waals surface area contributed by atoms with Crippen molar-refractivity contribution in [2.75, 3.05) is 12.3 Å². The van der Waals surface area contributed by atoms with Crippen LogP contribution in [0.15, 0.2) is 17.6 Å². The Morgan fingerprint density at radius 1 is 1.38 bits per heavy atom. The van der Waals surface area contributed by atoms with E-state index in [1.54, 1.807) is 0 Å². The highest BCUT2D eigenvalue weighted by atomic mass is 32.2. The number of alkyl halides is 3. The number of rotatable bonds is 5. The summed E-state index contributed by atoms with van der Waals surface area (Å²) in [7, 11) is -3.22. The fourth-order valence-corrected chi connectivity index (χ4v) is 3.68. The molecule has 0 fully saturated rings. The van der Waals surface area contributed by atoms with Crippen molar-refractivity contribution in [3.05, 3.63) is 34.8 Å². The lowest BCUT2D eigenvalue weighted by Gasteiger charge is -2.10. The first-order chi connectivity index (χ1) is 11.0. The van der Waals surface area contributed by atoms with Gasteiger partial charge in [-0.2, -0.15) is 13.2 Å². The highest BCUT2D eigenvalue weighted by Crippen LogP contribution is 2.27. The molecule has 10 heteroatoms. The minimum atomic E-state index is -4.55. The van der Waals surface area contributed by atoms with Crippen LogP contribution in [0.25, 0.3) is 0 Å². The highest BCUT2D eigenvalue weighted by Gasteiger charge is 2.33. The minimum Gasteiger partial charge on any atom is -0.356 e. The Bertz CT molecular complexity index is 760. The first-order valence-corrected chi connectivity index (χ1v) is 8.86. The molecule has 1 N–H and O–H groups in total. The van der Waals surface area contributed by atoms with E-state index in [0.717, 1.165) is 11.5 Å². The molecule has 0 bridgehead atoms. The number of hydrogen-bond donors (Lipinski definition) is 1. The van der Waals surface area contributed by atoms with Gasteiger partial charge < -0.3 is 5.32 Å². The Morgan fingerprint density at radius 2 is 2.08 bits per heavy atom. The van der Waals surface area contributed by atoms with Gasteiger partial charge in [0.1, 0.15) is 11.5 Å². The monoisotopic (exact) mass is 363 g/mol. The van der Waals surface area contributed by atoms with Gasteiger partial charge in [0, 0.05) is 36.4 Å². The molecule has 1 amide bonds. The Balaban J connectivity index is 1.85. The minimum absolute atomic E-state index is 0.00837. The Kier molecular flexibility index (Phi) is 5.26. The van der Waals surface area contributed by atoms with Crippen LogP contribution in [0.1, 0.15) is 23.6 Å². The second-order valence-electron chi connectivity index (χ2n) is 5.53. The van der Waals surface area contributed by atoms with Gasteiger partial charge in [-0.05, 0) is 13.0 Å². The van der Waals surface area contributed by atoms with Gasteiger partial charge in [0.15, 0.2) is 9.84 Å². The van der Waals surface area contributed by atoms with Crippen LogP contribution >= 0.6 is 0 Å². The van der Waals surface area contributed by atoms with Gasteiger partial charge >= 0.3 is 6.18 Å². The van der Waals surface area contributed by atoms with Gasteiger partial charge in [0.05, 0.1) is 5.75 Å². The molecule has 132 valence electrons. The van der Waals surface area contributed by atoms with Crippen molar-refractivity contribution in [2.45, 2.75) is 25.9 Å². The summed E-state index contributed by atoms with van der Waals surface area (Å²) in [6.07, 6.45) is -3.02. The van der Waals surface area contributed by atoms with Crippen molar-refractivity contribution >= 4 is 15.7 Å². The summed E-state index contributed by atoms with van der Waals surface area (Å²) in [6.45, 7) is 1.51. The number of carbonyl (C=O) groups is 1. The number of aromatic nitrogens is 2. The molecule has 1 aliphatic rings. The van der Waals surface area contributed by atoms with Crippen molar-refractivity contribution in [1.29, 1.82) is 0 Å². The molecule has 1 aliphatic heterocycles. The van der Waals surface area contributed by atoms with Gasteiger partial charge in [-0.3, -0.25) is 4.79 Å². The molecule has 2 rings (SSSR count). The lowest BCUT2D eigenvalue weighted by Crippen LogP contribution is -2.28. The van der Waals surface area contributed by atoms with E-state index in [2.05, 4.69) is 15.3 Å². The molecular formula is C14H16F3N3O3S. The fraction of sp³-hybridized carbons (Fsp3) is 0.500. The quantitative estimate of drug-likeness (QED) is 0.854. The summed E-state index contributed by atoms with van der Waals surface area (Å²) in [5.41, 5.74) is -0.822. The second-order valence-corrected chi connectivity index (χ2v) is 7.46. The molecule has 1 atom stereocenters. The topological polar surface area (TPSA) is 89.0 Å². The van der Waals surface area contributed by atoms with Gasteiger partial charge in [-0.15, -0.1) is 0 Å². The van der Waals surface area contributed by atoms with Crippen LogP contribution in [0.3, 0.4) is 0 Å². The number of aryl methyl sites for hydroxylation is 1. The van der Waals surface area contributed by atoms with Crippen LogP contribution in [-0.2, 0) is 27.2 Å². The van der Waals surface area contributed by atoms with Crippen molar-refractivity contribution in [3.8, 4) is 0 Å². The third kappa shape index (κ3) is 5.29. The fourth-order valence-electron chi connectivity index (χ4n) is 2.28. The Hall–Kier alpha value is -1.97. The maximum Gasteiger partial charge on any atom is 0.433 e. The van der Waals surface area contributed by atoms with Crippen LogP contribution in [0, 0.1) is 12.8 Å². The second kappa shape index (κ2) is 6.88. The smallest absolute Gasteiger partial charge is 0.356 e. The number of nitrogens with zero attached hydrogens (tertiary/aromatic N) is 2. The standard InChI is InChI=1S/C14H16F3N3O3S/c1-9-6-11(14(15,16)17)20-12(19-9)2-4-18-13(21)7-10-3-5-24(22,23)8-10/h3,5-6,10H,2,4,7-8H2,1H3,(H,18,21). The first kappa shape index (κ1) is 18.4. The van der Waals surface area contributed by atoms with E-state index in [0.29, 0.717) is 0 Å². The predicted octanol–water partition coefficient (Wildman–Crippen LogP) is 1.41. The number of hydrogen-bond acceptors (Lipinski definition) is 5. The molecule has 1 unspecified atom stereocenters. The number of amides is 1. The van der Waals surface area contributed by atoms with Gasteiger partial charge in [0.2, 0.25) is 5.91 Å². The molecule has 0 radical (unpaired) electrons. The zero-order valence-electron chi connectivity index (χ0n) is 12.8. The van der Waals surface area contributed by atoms with E-state index in [4.69, 9.17) is 0 Å². The average Bonchev–Trinajstić information content (AvgIpc) is 2.76. The number of carbonyl (C=O) groups excluding carboxylic acids is 1. The Labute approximate surface area is 137 Å². The number of sulfone groups is 1. The van der Waals surface area contributed by atoms with Gasteiger partial charge in [-0.1, -0.05) is 6.08 Å². The molecule has 1 aromatic heterocycles. The first-order valence-electron chi connectivity index (χ1n) is 7.14. The lowest BCUT2D eigenvalue weighted by molar-refractivity contribution is -0.141. The van der Waals surface area contributed by atoms with Crippen molar-refractivity contribution < 1.29 is 26.4 Å². The third-order valence-electron chi connectivity index (χ3n) is 3.31. The van der Waals surface area contributed by atoms with Gasteiger partial charge in [0.25, 0.3) is 0 Å². The van der Waals surface area contributed by atoms with Crippen LogP contribution in [-0.4, -0.2) is 36.6 Å². The molecule has 6 nitrogen and oxygen atoms in total. The lowest BCUT2D eigenvalue weighted by atomic mass is 10.1. The summed E-state index contributed by atoms with van der Waals surface area (Å²) in [5.74, 6) is -0.852. The molecule has 0 saturated heterocycles. The third-order valence-corrected chi connectivity index (χ3v) is 4.78. The molecule has 0 spiro atoms. The van der Waals surface area contributed by atoms with Crippen molar-refractivity contribution in [3.63, 3.8) is 0 Å². The summed E-state index contributed by atoms with van der Waals surface area (Å²) >= 11 is 0. The van der Waals surface area contributed by atoms with E-state index < -0.39 is 21.7 Å². The number of halogens is 3. The van der Waals surface area contributed by atoms with Crippen LogP contribution in [0.5, 0.6) is 0 Å². The predicted molar refractivity (Wildman–Crippen MR) is 79.5 cm³/mol. The maximum atomic E-state index is 12.7. The summed E-state index contributed by atoms with van der Waals surface area (Å²) in [6, 6.07) is 0.856. The van der Waals surface area contributed by atoms with Crippen molar-refractivity contribution in [2.24, 2.45) is 5.92 Å². The molecule has 2 heterocycles. The number of nitrogens with one attached hydrogen (secondary N) is 1. The van der Waals surface area contributed by atoms with Crippen LogP contribution < -0.4 is 5.32 Å². The molecule has 0 aromatic carbocycles. The molecule has 1 aromatic rings. The zero-order valence-corrected chi connectivity index (χ0v) is 13.6. The summed E-state index contributed by atoms with van der Waals surface area (Å²) in [4.78, 5) is 19.1. The average molecular weight is 363 g/mol. The molecular weight excluding hydrogens is 347 g/mol.